The number of hydrogen-bond donors (Lipinski definition) is 3. The Morgan fingerprint density at radius 1 is 0.960 bits per heavy atom. The molecule has 0 fully saturated rings. The molecule has 1 aromatic heterocycles. The Labute approximate surface area is 151 Å². The lowest BCUT2D eigenvalue weighted by molar-refractivity contribution is 0.262. The summed E-state index contributed by atoms with van der Waals surface area (Å²) >= 11 is 6.02. The van der Waals surface area contributed by atoms with Crippen LogP contribution in [0, 0.1) is 6.92 Å². The van der Waals surface area contributed by atoms with Crippen LogP contribution < -0.4 is 16.0 Å². The predicted molar refractivity (Wildman–Crippen MR) is 103 cm³/mol. The molecule has 2 aromatic carbocycles. The van der Waals surface area contributed by atoms with E-state index in [-0.39, 0.29) is 6.03 Å². The van der Waals surface area contributed by atoms with Gasteiger partial charge in [0.1, 0.15) is 5.82 Å². The van der Waals surface area contributed by atoms with Crippen LogP contribution in [0.25, 0.3) is 0 Å². The number of aryl methyl sites for hydroxylation is 1. The maximum atomic E-state index is 12.0. The molecule has 0 atom stereocenters. The molecule has 3 N–H and O–H groups in total. The van der Waals surface area contributed by atoms with Gasteiger partial charge in [-0.3, -0.25) is 0 Å². The van der Waals surface area contributed by atoms with Gasteiger partial charge in [0.25, 0.3) is 0 Å². The third-order valence-electron chi connectivity index (χ3n) is 3.52. The summed E-state index contributed by atoms with van der Waals surface area (Å²) in [6.45, 7) is 1.99. The zero-order chi connectivity index (χ0) is 17.6. The van der Waals surface area contributed by atoms with Gasteiger partial charge in [-0.1, -0.05) is 35.9 Å². The number of anilines is 4. The number of hydrogen-bond acceptors (Lipinski definition) is 3. The lowest BCUT2D eigenvalue weighted by Gasteiger charge is -2.11. The maximum Gasteiger partial charge on any atom is 0.323 e. The van der Waals surface area contributed by atoms with Crippen molar-refractivity contribution in [3.8, 4) is 0 Å². The van der Waals surface area contributed by atoms with E-state index in [1.165, 1.54) is 0 Å². The van der Waals surface area contributed by atoms with Gasteiger partial charge in [0.15, 0.2) is 0 Å². The number of halogens is 1. The van der Waals surface area contributed by atoms with Crippen molar-refractivity contribution in [2.45, 2.75) is 6.92 Å². The number of carbonyl (C=O) groups is 1. The van der Waals surface area contributed by atoms with Crippen LogP contribution in [0.3, 0.4) is 0 Å². The third kappa shape index (κ3) is 4.71. The van der Waals surface area contributed by atoms with Crippen LogP contribution in [0.4, 0.5) is 27.7 Å². The van der Waals surface area contributed by atoms with Crippen molar-refractivity contribution >= 4 is 40.5 Å². The number of nitrogens with one attached hydrogen (secondary N) is 3. The Hall–Kier alpha value is -3.05. The van der Waals surface area contributed by atoms with Crippen LogP contribution >= 0.6 is 11.6 Å². The van der Waals surface area contributed by atoms with Crippen molar-refractivity contribution in [1.29, 1.82) is 0 Å². The van der Waals surface area contributed by atoms with Crippen LogP contribution in [-0.2, 0) is 0 Å². The molecule has 126 valence electrons. The third-order valence-corrected chi connectivity index (χ3v) is 3.75. The molecule has 0 aliphatic carbocycles. The van der Waals surface area contributed by atoms with E-state index in [0.29, 0.717) is 16.5 Å². The smallest absolute Gasteiger partial charge is 0.323 e. The number of aromatic nitrogens is 1. The summed E-state index contributed by atoms with van der Waals surface area (Å²) in [6.07, 6.45) is 1.59. The standard InChI is InChI=1S/C19H17ClN4O/c1-13-7-8-14(20)11-17(13)24-18-10-9-16(12-21-18)23-19(25)22-15-5-3-2-4-6-15/h2-12H,1H3,(H,21,24)(H2,22,23,25). The summed E-state index contributed by atoms with van der Waals surface area (Å²) in [5.74, 6) is 0.666. The molecule has 5 nitrogen and oxygen atoms in total. The van der Waals surface area contributed by atoms with E-state index in [1.807, 2.05) is 55.5 Å². The Balaban J connectivity index is 1.62. The van der Waals surface area contributed by atoms with E-state index in [4.69, 9.17) is 11.6 Å². The number of nitrogens with zero attached hydrogens (tertiary/aromatic N) is 1. The number of benzene rings is 2. The minimum absolute atomic E-state index is 0.320. The Kier molecular flexibility index (Phi) is 5.16. The summed E-state index contributed by atoms with van der Waals surface area (Å²) in [5, 5.41) is 9.36. The molecule has 0 aliphatic heterocycles. The highest BCUT2D eigenvalue weighted by Crippen LogP contribution is 2.23. The number of para-hydroxylation sites is 1. The van der Waals surface area contributed by atoms with Crippen LogP contribution in [0.1, 0.15) is 5.56 Å². The predicted octanol–water partition coefficient (Wildman–Crippen LogP) is 5.43. The van der Waals surface area contributed by atoms with Crippen LogP contribution in [0.5, 0.6) is 0 Å². The molecular formula is C19H17ClN4O. The van der Waals surface area contributed by atoms with Gasteiger partial charge in [-0.2, -0.15) is 0 Å². The van der Waals surface area contributed by atoms with Gasteiger partial charge in [0, 0.05) is 16.4 Å². The molecule has 0 aliphatic rings. The Morgan fingerprint density at radius 3 is 2.44 bits per heavy atom. The molecule has 3 aromatic rings. The first-order valence-electron chi connectivity index (χ1n) is 7.72. The lowest BCUT2D eigenvalue weighted by Crippen LogP contribution is -2.19. The quantitative estimate of drug-likeness (QED) is 0.586. The highest BCUT2D eigenvalue weighted by atomic mass is 35.5. The molecule has 0 spiro atoms. The molecule has 0 radical (unpaired) electrons. The highest BCUT2D eigenvalue weighted by Gasteiger charge is 2.04. The van der Waals surface area contributed by atoms with Crippen molar-refractivity contribution in [1.82, 2.24) is 4.98 Å². The van der Waals surface area contributed by atoms with Crippen molar-refractivity contribution in [3.63, 3.8) is 0 Å². The molecule has 1 heterocycles. The molecule has 0 bridgehead atoms. The molecule has 0 unspecified atom stereocenters. The van der Waals surface area contributed by atoms with Crippen molar-refractivity contribution in [2.24, 2.45) is 0 Å². The first-order valence-corrected chi connectivity index (χ1v) is 8.10. The van der Waals surface area contributed by atoms with Crippen LogP contribution in [0.15, 0.2) is 66.9 Å². The van der Waals surface area contributed by atoms with Crippen LogP contribution in [0.2, 0.25) is 5.02 Å². The van der Waals surface area contributed by atoms with Gasteiger partial charge in [-0.05, 0) is 48.9 Å². The second kappa shape index (κ2) is 7.68. The fourth-order valence-electron chi connectivity index (χ4n) is 2.22. The first kappa shape index (κ1) is 16.8. The van der Waals surface area contributed by atoms with Gasteiger partial charge in [0.2, 0.25) is 0 Å². The summed E-state index contributed by atoms with van der Waals surface area (Å²) in [4.78, 5) is 16.3. The topological polar surface area (TPSA) is 66.0 Å². The van der Waals surface area contributed by atoms with Gasteiger partial charge < -0.3 is 16.0 Å². The van der Waals surface area contributed by atoms with Crippen molar-refractivity contribution in [3.05, 3.63) is 77.4 Å². The molecule has 3 rings (SSSR count). The normalized spacial score (nSPS) is 10.2. The first-order chi connectivity index (χ1) is 12.1. The minimum Gasteiger partial charge on any atom is -0.340 e. The number of pyridine rings is 1. The molecule has 6 heteroatoms. The van der Waals surface area contributed by atoms with E-state index in [1.54, 1.807) is 18.3 Å². The minimum atomic E-state index is -0.320. The Morgan fingerprint density at radius 2 is 1.72 bits per heavy atom. The van der Waals surface area contributed by atoms with Crippen molar-refractivity contribution < 1.29 is 4.79 Å². The summed E-state index contributed by atoms with van der Waals surface area (Å²) in [7, 11) is 0. The molecule has 0 saturated heterocycles. The fourth-order valence-corrected chi connectivity index (χ4v) is 2.40. The van der Waals surface area contributed by atoms with Crippen molar-refractivity contribution in [2.75, 3.05) is 16.0 Å². The number of carbonyl (C=O) groups excluding carboxylic acids is 1. The molecule has 25 heavy (non-hydrogen) atoms. The Bertz CT molecular complexity index is 866. The second-order valence-corrected chi connectivity index (χ2v) is 5.90. The van der Waals surface area contributed by atoms with Crippen LogP contribution in [-0.4, -0.2) is 11.0 Å². The summed E-state index contributed by atoms with van der Waals surface area (Å²) < 4.78 is 0. The average molecular weight is 353 g/mol. The number of rotatable bonds is 4. The van der Waals surface area contributed by atoms with E-state index < -0.39 is 0 Å². The van der Waals surface area contributed by atoms with Gasteiger partial charge >= 0.3 is 6.03 Å². The fraction of sp³-hybridized carbons (Fsp3) is 0.0526. The second-order valence-electron chi connectivity index (χ2n) is 5.46. The zero-order valence-electron chi connectivity index (χ0n) is 13.6. The van der Waals surface area contributed by atoms with E-state index >= 15 is 0 Å². The maximum absolute atomic E-state index is 12.0. The SMILES string of the molecule is Cc1ccc(Cl)cc1Nc1ccc(NC(=O)Nc2ccccc2)cn1. The van der Waals surface area contributed by atoms with E-state index in [0.717, 1.165) is 16.9 Å². The number of amides is 2. The molecular weight excluding hydrogens is 336 g/mol. The highest BCUT2D eigenvalue weighted by molar-refractivity contribution is 6.30. The van der Waals surface area contributed by atoms with E-state index in [2.05, 4.69) is 20.9 Å². The molecule has 2 amide bonds. The van der Waals surface area contributed by atoms with Gasteiger partial charge in [0.05, 0.1) is 11.9 Å². The summed E-state index contributed by atoms with van der Waals surface area (Å²) in [6, 6.07) is 18.1. The van der Waals surface area contributed by atoms with E-state index in [9.17, 15) is 4.79 Å². The number of urea groups is 1. The summed E-state index contributed by atoms with van der Waals surface area (Å²) in [5.41, 5.74) is 3.28. The van der Waals surface area contributed by atoms with Gasteiger partial charge in [-0.15, -0.1) is 0 Å². The lowest BCUT2D eigenvalue weighted by atomic mass is 10.2. The average Bonchev–Trinajstić information content (AvgIpc) is 2.61. The zero-order valence-corrected chi connectivity index (χ0v) is 14.3. The monoisotopic (exact) mass is 352 g/mol. The molecule has 0 saturated carbocycles. The largest absolute Gasteiger partial charge is 0.340 e. The van der Waals surface area contributed by atoms with Gasteiger partial charge in [-0.25, -0.2) is 9.78 Å².